The minimum absolute atomic E-state index is 0. The second-order valence-electron chi connectivity index (χ2n) is 8.98. The Morgan fingerprint density at radius 3 is 2.35 bits per heavy atom. The van der Waals surface area contributed by atoms with Gasteiger partial charge in [-0.2, -0.15) is 0 Å². The van der Waals surface area contributed by atoms with Gasteiger partial charge in [0.2, 0.25) is 5.91 Å². The van der Waals surface area contributed by atoms with Crippen molar-refractivity contribution < 1.29 is 9.53 Å². The normalized spacial score (nSPS) is 22.1. The third-order valence-corrected chi connectivity index (χ3v) is 6.61. The molecule has 0 unspecified atom stereocenters. The highest BCUT2D eigenvalue weighted by Crippen LogP contribution is 2.23. The van der Waals surface area contributed by atoms with Crippen LogP contribution in [0.2, 0.25) is 0 Å². The molecule has 2 aliphatic heterocycles. The van der Waals surface area contributed by atoms with Crippen LogP contribution in [0.1, 0.15) is 38.5 Å². The Morgan fingerprint density at radius 1 is 1.03 bits per heavy atom. The van der Waals surface area contributed by atoms with Gasteiger partial charge in [0.05, 0.1) is 13.2 Å². The number of carbonyl (C=O) groups is 1. The molecule has 1 N–H and O–H groups in total. The lowest BCUT2D eigenvalue weighted by molar-refractivity contribution is -0.127. The Bertz CT molecular complexity index is 542. The highest BCUT2D eigenvalue weighted by atomic mass is 127. The maximum atomic E-state index is 12.1. The minimum Gasteiger partial charge on any atom is -0.379 e. The molecule has 1 aliphatic carbocycles. The van der Waals surface area contributed by atoms with Crippen molar-refractivity contribution in [2.75, 3.05) is 86.2 Å². The Kier molecular flexibility index (Phi) is 12.4. The first-order chi connectivity index (χ1) is 14.6. The Hall–Kier alpha value is -0.650. The van der Waals surface area contributed by atoms with E-state index in [0.29, 0.717) is 0 Å². The molecule has 0 radical (unpaired) electrons. The second kappa shape index (κ2) is 14.5. The van der Waals surface area contributed by atoms with Crippen LogP contribution in [0.5, 0.6) is 0 Å². The van der Waals surface area contributed by atoms with Crippen LogP contribution in [-0.4, -0.2) is 124 Å². The van der Waals surface area contributed by atoms with E-state index in [9.17, 15) is 4.79 Å². The van der Waals surface area contributed by atoms with Gasteiger partial charge in [0.1, 0.15) is 6.54 Å². The third kappa shape index (κ3) is 9.01. The van der Waals surface area contributed by atoms with Gasteiger partial charge in [-0.25, -0.2) is 4.99 Å². The summed E-state index contributed by atoms with van der Waals surface area (Å²) in [5, 5.41) is 3.55. The van der Waals surface area contributed by atoms with Crippen LogP contribution in [-0.2, 0) is 9.53 Å². The average molecular weight is 551 g/mol. The zero-order chi connectivity index (χ0) is 21.2. The Labute approximate surface area is 205 Å². The monoisotopic (exact) mass is 550 g/mol. The summed E-state index contributed by atoms with van der Waals surface area (Å²) in [5.41, 5.74) is 0. The van der Waals surface area contributed by atoms with Crippen molar-refractivity contribution in [2.45, 2.75) is 44.6 Å². The first-order valence-corrected chi connectivity index (χ1v) is 11.9. The quantitative estimate of drug-likeness (QED) is 0.223. The molecule has 2 saturated heterocycles. The summed E-state index contributed by atoms with van der Waals surface area (Å²) in [6, 6.07) is 0.776. The summed E-state index contributed by atoms with van der Waals surface area (Å²) in [7, 11) is 3.58. The van der Waals surface area contributed by atoms with Crippen LogP contribution in [0.25, 0.3) is 0 Å². The second-order valence-corrected chi connectivity index (χ2v) is 8.98. The van der Waals surface area contributed by atoms with Crippen molar-refractivity contribution in [3.8, 4) is 0 Å². The van der Waals surface area contributed by atoms with Crippen molar-refractivity contribution in [1.82, 2.24) is 24.9 Å². The van der Waals surface area contributed by atoms with E-state index in [0.717, 1.165) is 84.0 Å². The summed E-state index contributed by atoms with van der Waals surface area (Å²) in [6.45, 7) is 10.1. The van der Waals surface area contributed by atoms with E-state index in [2.05, 4.69) is 25.0 Å². The Balaban J connectivity index is 0.00000341. The SMILES string of the molecule is CN(C)C(=O)CN=C(NCCCN1CCOCC1)N1CCN(C2CCCCC2)CC1.I. The predicted octanol–water partition coefficient (Wildman–Crippen LogP) is 1.31. The number of guanidine groups is 1. The summed E-state index contributed by atoms with van der Waals surface area (Å²) in [4.78, 5) is 25.8. The molecule has 1 saturated carbocycles. The van der Waals surface area contributed by atoms with Crippen molar-refractivity contribution in [3.63, 3.8) is 0 Å². The van der Waals surface area contributed by atoms with Crippen LogP contribution in [0.3, 0.4) is 0 Å². The van der Waals surface area contributed by atoms with E-state index in [-0.39, 0.29) is 36.4 Å². The highest BCUT2D eigenvalue weighted by Gasteiger charge is 2.26. The molecule has 1 amide bonds. The molecule has 3 aliphatic rings. The molecule has 3 rings (SSSR count). The van der Waals surface area contributed by atoms with Crippen LogP contribution in [0, 0.1) is 0 Å². The lowest BCUT2D eigenvalue weighted by atomic mass is 9.94. The topological polar surface area (TPSA) is 63.7 Å². The fourth-order valence-corrected chi connectivity index (χ4v) is 4.62. The zero-order valence-corrected chi connectivity index (χ0v) is 21.9. The number of ether oxygens (including phenoxy) is 1. The van der Waals surface area contributed by atoms with Crippen molar-refractivity contribution in [3.05, 3.63) is 0 Å². The van der Waals surface area contributed by atoms with E-state index in [4.69, 9.17) is 4.74 Å². The highest BCUT2D eigenvalue weighted by molar-refractivity contribution is 14.0. The van der Waals surface area contributed by atoms with Crippen LogP contribution in [0.15, 0.2) is 4.99 Å². The van der Waals surface area contributed by atoms with Gasteiger partial charge in [-0.3, -0.25) is 14.6 Å². The molecule has 2 heterocycles. The molecule has 0 aromatic rings. The molecule has 180 valence electrons. The van der Waals surface area contributed by atoms with Crippen molar-refractivity contribution >= 4 is 35.8 Å². The average Bonchev–Trinajstić information content (AvgIpc) is 2.79. The molecule has 31 heavy (non-hydrogen) atoms. The standard InChI is InChI=1S/C22H42N6O2.HI/c1-25(2)21(29)19-24-22(23-9-6-10-26-15-17-30-18-16-26)28-13-11-27(12-14-28)20-7-4-3-5-8-20;/h20H,3-19H2,1-2H3,(H,23,24);1H. The predicted molar refractivity (Wildman–Crippen MR) is 136 cm³/mol. The zero-order valence-electron chi connectivity index (χ0n) is 19.6. The minimum atomic E-state index is 0. The number of halogens is 1. The van der Waals surface area contributed by atoms with E-state index in [1.165, 1.54) is 32.1 Å². The van der Waals surface area contributed by atoms with Gasteiger partial charge in [-0.1, -0.05) is 19.3 Å². The first-order valence-electron chi connectivity index (χ1n) is 11.9. The number of piperazine rings is 1. The summed E-state index contributed by atoms with van der Waals surface area (Å²) < 4.78 is 5.43. The van der Waals surface area contributed by atoms with Gasteiger partial charge in [0.15, 0.2) is 5.96 Å². The van der Waals surface area contributed by atoms with E-state index in [1.807, 2.05) is 0 Å². The number of hydrogen-bond acceptors (Lipinski definition) is 5. The third-order valence-electron chi connectivity index (χ3n) is 6.61. The van der Waals surface area contributed by atoms with Crippen molar-refractivity contribution in [1.29, 1.82) is 0 Å². The largest absolute Gasteiger partial charge is 0.379 e. The van der Waals surface area contributed by atoms with E-state index >= 15 is 0 Å². The summed E-state index contributed by atoms with van der Waals surface area (Å²) in [5.74, 6) is 0.943. The summed E-state index contributed by atoms with van der Waals surface area (Å²) in [6.07, 6.45) is 7.96. The number of amides is 1. The number of rotatable bonds is 7. The van der Waals surface area contributed by atoms with Crippen LogP contribution < -0.4 is 5.32 Å². The molecule has 0 atom stereocenters. The Morgan fingerprint density at radius 2 is 1.71 bits per heavy atom. The van der Waals surface area contributed by atoms with Gasteiger partial charge in [0, 0.05) is 66.0 Å². The molecule has 9 heteroatoms. The molecule has 3 fully saturated rings. The maximum absolute atomic E-state index is 12.1. The van der Waals surface area contributed by atoms with Crippen LogP contribution in [0.4, 0.5) is 0 Å². The number of carbonyl (C=O) groups excluding carboxylic acids is 1. The van der Waals surface area contributed by atoms with Crippen molar-refractivity contribution in [2.24, 2.45) is 4.99 Å². The first kappa shape index (κ1) is 26.6. The van der Waals surface area contributed by atoms with Gasteiger partial charge < -0.3 is 19.9 Å². The summed E-state index contributed by atoms with van der Waals surface area (Å²) >= 11 is 0. The molecule has 0 aromatic carbocycles. The van der Waals surface area contributed by atoms with Gasteiger partial charge >= 0.3 is 0 Å². The van der Waals surface area contributed by atoms with E-state index in [1.54, 1.807) is 19.0 Å². The van der Waals surface area contributed by atoms with Crippen LogP contribution >= 0.6 is 24.0 Å². The number of hydrogen-bond donors (Lipinski definition) is 1. The maximum Gasteiger partial charge on any atom is 0.243 e. The smallest absolute Gasteiger partial charge is 0.243 e. The molecule has 0 bridgehead atoms. The molecule has 0 aromatic heterocycles. The lowest BCUT2D eigenvalue weighted by Crippen LogP contribution is -2.55. The van der Waals surface area contributed by atoms with Gasteiger partial charge in [0.25, 0.3) is 0 Å². The molecular formula is C22H43IN6O2. The lowest BCUT2D eigenvalue weighted by Gasteiger charge is -2.41. The molecule has 0 spiro atoms. The molecule has 8 nitrogen and oxygen atoms in total. The van der Waals surface area contributed by atoms with E-state index < -0.39 is 0 Å². The number of morpholine rings is 1. The fourth-order valence-electron chi connectivity index (χ4n) is 4.62. The number of aliphatic imine (C=N–C) groups is 1. The van der Waals surface area contributed by atoms with Gasteiger partial charge in [-0.05, 0) is 25.8 Å². The molecular weight excluding hydrogens is 507 g/mol. The fraction of sp³-hybridized carbons (Fsp3) is 0.909. The number of nitrogens with one attached hydrogen (secondary N) is 1. The van der Waals surface area contributed by atoms with Gasteiger partial charge in [-0.15, -0.1) is 24.0 Å². The number of nitrogens with zero attached hydrogens (tertiary/aromatic N) is 5. The number of likely N-dealkylation sites (N-methyl/N-ethyl adjacent to an activating group) is 1.